The summed E-state index contributed by atoms with van der Waals surface area (Å²) in [5.74, 6) is -1.37. The lowest BCUT2D eigenvalue weighted by molar-refractivity contribution is -0.148. The van der Waals surface area contributed by atoms with Crippen LogP contribution < -0.4 is 0 Å². The van der Waals surface area contributed by atoms with Crippen LogP contribution >= 0.6 is 11.6 Å². The third-order valence-electron chi connectivity index (χ3n) is 3.56. The van der Waals surface area contributed by atoms with Crippen LogP contribution in [-0.2, 0) is 16.0 Å². The number of hydrogen-bond acceptors (Lipinski definition) is 4. The number of rotatable bonds is 5. The lowest BCUT2D eigenvalue weighted by Crippen LogP contribution is -2.17. The molecule has 0 aliphatic heterocycles. The van der Waals surface area contributed by atoms with E-state index >= 15 is 0 Å². The molecule has 0 atom stereocenters. The number of carbonyl (C=O) groups is 2. The van der Waals surface area contributed by atoms with E-state index in [4.69, 9.17) is 16.7 Å². The maximum atomic E-state index is 11.6. The van der Waals surface area contributed by atoms with E-state index in [1.807, 2.05) is 6.07 Å². The summed E-state index contributed by atoms with van der Waals surface area (Å²) in [6.45, 7) is 0. The second kappa shape index (κ2) is 5.85. The van der Waals surface area contributed by atoms with E-state index in [9.17, 15) is 9.59 Å². The Labute approximate surface area is 132 Å². The number of ketones is 1. The summed E-state index contributed by atoms with van der Waals surface area (Å²) in [6, 6.07) is 7.15. The van der Waals surface area contributed by atoms with E-state index in [0.29, 0.717) is 33.6 Å². The van der Waals surface area contributed by atoms with E-state index in [-0.39, 0.29) is 6.42 Å². The maximum absolute atomic E-state index is 11.6. The molecule has 0 saturated heterocycles. The van der Waals surface area contributed by atoms with Crippen LogP contribution in [0, 0.1) is 0 Å². The molecule has 1 aliphatic rings. The number of aromatic nitrogens is 2. The summed E-state index contributed by atoms with van der Waals surface area (Å²) in [5.41, 5.74) is 1.71. The van der Waals surface area contributed by atoms with Gasteiger partial charge in [-0.25, -0.2) is 14.8 Å². The smallest absolute Gasteiger partial charge is 0.372 e. The molecule has 0 amide bonds. The fraction of sp³-hybridized carbons (Fsp3) is 0.250. The van der Waals surface area contributed by atoms with Gasteiger partial charge in [-0.05, 0) is 18.9 Å². The number of carbonyl (C=O) groups excluding carboxylic acids is 1. The molecule has 112 valence electrons. The van der Waals surface area contributed by atoms with Gasteiger partial charge in [0, 0.05) is 28.3 Å². The Kier molecular flexibility index (Phi) is 3.90. The van der Waals surface area contributed by atoms with Crippen molar-refractivity contribution in [3.05, 3.63) is 47.0 Å². The SMILES string of the molecule is O=C(O)C(=O)Cc1nc(C2CC2)ncc1-c1ccccc1Cl. The lowest BCUT2D eigenvalue weighted by atomic mass is 10.0. The van der Waals surface area contributed by atoms with Crippen LogP contribution in [0.4, 0.5) is 0 Å². The molecule has 1 aliphatic carbocycles. The quantitative estimate of drug-likeness (QED) is 0.858. The zero-order valence-corrected chi connectivity index (χ0v) is 12.4. The van der Waals surface area contributed by atoms with Gasteiger partial charge in [-0.2, -0.15) is 0 Å². The second-order valence-electron chi connectivity index (χ2n) is 5.25. The summed E-state index contributed by atoms with van der Waals surface area (Å²) < 4.78 is 0. The molecule has 1 saturated carbocycles. The van der Waals surface area contributed by atoms with Crippen molar-refractivity contribution in [3.8, 4) is 11.1 Å². The Morgan fingerprint density at radius 1 is 1.23 bits per heavy atom. The van der Waals surface area contributed by atoms with Gasteiger partial charge in [0.15, 0.2) is 0 Å². The Hall–Kier alpha value is -2.27. The molecule has 0 unspecified atom stereocenters. The fourth-order valence-corrected chi connectivity index (χ4v) is 2.48. The monoisotopic (exact) mass is 316 g/mol. The standard InChI is InChI=1S/C16H13ClN2O3/c17-12-4-2-1-3-10(12)11-8-18-15(9-5-6-9)19-13(11)7-14(20)16(21)22/h1-4,8-9H,5-7H2,(H,21,22). The molecule has 0 bridgehead atoms. The van der Waals surface area contributed by atoms with Crippen molar-refractivity contribution >= 4 is 23.4 Å². The van der Waals surface area contributed by atoms with Crippen LogP contribution in [-0.4, -0.2) is 26.8 Å². The number of aliphatic carboxylic acids is 1. The van der Waals surface area contributed by atoms with Gasteiger partial charge in [-0.3, -0.25) is 4.79 Å². The van der Waals surface area contributed by atoms with E-state index in [2.05, 4.69) is 9.97 Å². The summed E-state index contributed by atoms with van der Waals surface area (Å²) in [5, 5.41) is 9.34. The highest BCUT2D eigenvalue weighted by Crippen LogP contribution is 2.39. The van der Waals surface area contributed by atoms with E-state index < -0.39 is 11.8 Å². The molecule has 0 radical (unpaired) electrons. The lowest BCUT2D eigenvalue weighted by Gasteiger charge is -2.10. The number of halogens is 1. The van der Waals surface area contributed by atoms with Crippen molar-refractivity contribution in [3.63, 3.8) is 0 Å². The first-order valence-corrected chi connectivity index (χ1v) is 7.31. The molecule has 0 spiro atoms. The van der Waals surface area contributed by atoms with Crippen molar-refractivity contribution in [1.29, 1.82) is 0 Å². The molecule has 3 rings (SSSR count). The predicted molar refractivity (Wildman–Crippen MR) is 80.8 cm³/mol. The van der Waals surface area contributed by atoms with E-state index in [1.54, 1.807) is 24.4 Å². The van der Waals surface area contributed by atoms with Gasteiger partial charge in [-0.1, -0.05) is 29.8 Å². The second-order valence-corrected chi connectivity index (χ2v) is 5.65. The van der Waals surface area contributed by atoms with Crippen LogP contribution in [0.5, 0.6) is 0 Å². The number of nitrogens with zero attached hydrogens (tertiary/aromatic N) is 2. The van der Waals surface area contributed by atoms with Crippen molar-refractivity contribution in [2.75, 3.05) is 0 Å². The van der Waals surface area contributed by atoms with Crippen molar-refractivity contribution in [2.24, 2.45) is 0 Å². The maximum Gasteiger partial charge on any atom is 0.372 e. The Bertz CT molecular complexity index is 757. The summed E-state index contributed by atoms with van der Waals surface area (Å²) >= 11 is 6.19. The molecular formula is C16H13ClN2O3. The van der Waals surface area contributed by atoms with Crippen LogP contribution in [0.25, 0.3) is 11.1 Å². The number of hydrogen-bond donors (Lipinski definition) is 1. The molecular weight excluding hydrogens is 304 g/mol. The van der Waals surface area contributed by atoms with Crippen molar-refractivity contribution in [1.82, 2.24) is 9.97 Å². The highest BCUT2D eigenvalue weighted by molar-refractivity contribution is 6.34. The van der Waals surface area contributed by atoms with Gasteiger partial charge in [0.25, 0.3) is 0 Å². The van der Waals surface area contributed by atoms with Gasteiger partial charge in [0.1, 0.15) is 5.82 Å². The molecule has 1 heterocycles. The molecule has 22 heavy (non-hydrogen) atoms. The summed E-state index contributed by atoms with van der Waals surface area (Å²) in [7, 11) is 0. The normalized spacial score (nSPS) is 13.9. The molecule has 5 nitrogen and oxygen atoms in total. The highest BCUT2D eigenvalue weighted by Gasteiger charge is 2.28. The van der Waals surface area contributed by atoms with Gasteiger partial charge < -0.3 is 5.11 Å². The minimum Gasteiger partial charge on any atom is -0.475 e. The van der Waals surface area contributed by atoms with Gasteiger partial charge in [-0.15, -0.1) is 0 Å². The molecule has 1 fully saturated rings. The summed E-state index contributed by atoms with van der Waals surface area (Å²) in [6.07, 6.45) is 3.42. The molecule has 1 aromatic heterocycles. The van der Waals surface area contributed by atoms with Crippen LogP contribution in [0.1, 0.15) is 30.3 Å². The average molecular weight is 317 g/mol. The van der Waals surface area contributed by atoms with Gasteiger partial charge in [0.05, 0.1) is 12.1 Å². The van der Waals surface area contributed by atoms with Crippen molar-refractivity contribution < 1.29 is 14.7 Å². The minimum absolute atomic E-state index is 0.266. The zero-order chi connectivity index (χ0) is 15.7. The van der Waals surface area contributed by atoms with Crippen LogP contribution in [0.15, 0.2) is 30.5 Å². The predicted octanol–water partition coefficient (Wildman–Crippen LogP) is 2.87. The molecule has 1 N–H and O–H groups in total. The third-order valence-corrected chi connectivity index (χ3v) is 3.89. The Morgan fingerprint density at radius 2 is 1.95 bits per heavy atom. The molecule has 6 heteroatoms. The largest absolute Gasteiger partial charge is 0.475 e. The number of benzene rings is 1. The first kappa shape index (κ1) is 14.7. The van der Waals surface area contributed by atoms with Crippen LogP contribution in [0.3, 0.4) is 0 Å². The topological polar surface area (TPSA) is 80.1 Å². The third kappa shape index (κ3) is 2.99. The molecule has 1 aromatic carbocycles. The zero-order valence-electron chi connectivity index (χ0n) is 11.6. The van der Waals surface area contributed by atoms with Crippen molar-refractivity contribution in [2.45, 2.75) is 25.2 Å². The average Bonchev–Trinajstić information content (AvgIpc) is 3.32. The fourth-order valence-electron chi connectivity index (χ4n) is 2.24. The Balaban J connectivity index is 2.06. The summed E-state index contributed by atoms with van der Waals surface area (Å²) in [4.78, 5) is 31.2. The Morgan fingerprint density at radius 3 is 2.59 bits per heavy atom. The van der Waals surface area contributed by atoms with Gasteiger partial charge >= 0.3 is 5.97 Å². The van der Waals surface area contributed by atoms with Crippen LogP contribution in [0.2, 0.25) is 5.02 Å². The minimum atomic E-state index is -1.46. The highest BCUT2D eigenvalue weighted by atomic mass is 35.5. The number of Topliss-reactive ketones (excluding diaryl/α,β-unsaturated/α-hetero) is 1. The number of carboxylic acid groups (broad SMARTS) is 1. The van der Waals surface area contributed by atoms with Gasteiger partial charge in [0.2, 0.25) is 5.78 Å². The first-order chi connectivity index (χ1) is 10.6. The molecule has 2 aromatic rings. The van der Waals surface area contributed by atoms with E-state index in [0.717, 1.165) is 12.8 Å². The number of carboxylic acids is 1. The first-order valence-electron chi connectivity index (χ1n) is 6.93. The van der Waals surface area contributed by atoms with E-state index in [1.165, 1.54) is 0 Å².